The summed E-state index contributed by atoms with van der Waals surface area (Å²) in [5.74, 6) is 0.521. The van der Waals surface area contributed by atoms with Crippen LogP contribution in [0.15, 0.2) is 18.2 Å². The van der Waals surface area contributed by atoms with Crippen molar-refractivity contribution in [1.29, 1.82) is 5.26 Å². The first kappa shape index (κ1) is 17.8. The minimum atomic E-state index is -0.202. The van der Waals surface area contributed by atoms with Gasteiger partial charge in [0.1, 0.15) is 11.8 Å². The molecule has 0 fully saturated rings. The number of hydrogen-bond acceptors (Lipinski definition) is 4. The molecule has 6 nitrogen and oxygen atoms in total. The van der Waals surface area contributed by atoms with Gasteiger partial charge in [-0.25, -0.2) is 4.79 Å². The molecule has 0 aliphatic heterocycles. The van der Waals surface area contributed by atoms with E-state index in [4.69, 9.17) is 14.7 Å². The van der Waals surface area contributed by atoms with E-state index in [1.807, 2.05) is 13.8 Å². The molecule has 1 rings (SSSR count). The van der Waals surface area contributed by atoms with E-state index in [-0.39, 0.29) is 6.03 Å². The van der Waals surface area contributed by atoms with Gasteiger partial charge in [-0.2, -0.15) is 5.26 Å². The van der Waals surface area contributed by atoms with E-state index in [0.717, 1.165) is 6.42 Å². The molecule has 0 saturated carbocycles. The van der Waals surface area contributed by atoms with Crippen LogP contribution in [-0.4, -0.2) is 44.3 Å². The molecule has 0 aromatic heterocycles. The van der Waals surface area contributed by atoms with Gasteiger partial charge >= 0.3 is 6.03 Å². The van der Waals surface area contributed by atoms with Crippen LogP contribution < -0.4 is 10.1 Å². The monoisotopic (exact) mass is 305 g/mol. The maximum absolute atomic E-state index is 12.3. The molecule has 22 heavy (non-hydrogen) atoms. The Balaban J connectivity index is 2.79. The van der Waals surface area contributed by atoms with E-state index in [1.54, 1.807) is 30.2 Å². The fraction of sp³-hybridized carbons (Fsp3) is 0.500. The summed E-state index contributed by atoms with van der Waals surface area (Å²) in [6.07, 6.45) is 0.865. The molecular weight excluding hydrogens is 282 g/mol. The van der Waals surface area contributed by atoms with Crippen molar-refractivity contribution >= 4 is 11.7 Å². The Morgan fingerprint density at radius 3 is 2.73 bits per heavy atom. The molecule has 1 aromatic carbocycles. The number of methoxy groups -OCH3 is 1. The lowest BCUT2D eigenvalue weighted by atomic mass is 10.2. The fourth-order valence-electron chi connectivity index (χ4n) is 1.97. The highest BCUT2D eigenvalue weighted by Crippen LogP contribution is 2.22. The molecule has 0 saturated heterocycles. The summed E-state index contributed by atoms with van der Waals surface area (Å²) >= 11 is 0. The molecule has 120 valence electrons. The highest BCUT2D eigenvalue weighted by atomic mass is 16.5. The molecule has 0 atom stereocenters. The number of ether oxygens (including phenoxy) is 2. The van der Waals surface area contributed by atoms with Gasteiger partial charge in [0.2, 0.25) is 0 Å². The average Bonchev–Trinajstić information content (AvgIpc) is 2.52. The van der Waals surface area contributed by atoms with Crippen molar-refractivity contribution in [1.82, 2.24) is 4.90 Å². The summed E-state index contributed by atoms with van der Waals surface area (Å²) in [6.45, 7) is 6.02. The first-order chi connectivity index (χ1) is 10.7. The lowest BCUT2D eigenvalue weighted by molar-refractivity contribution is 0.155. The van der Waals surface area contributed by atoms with Crippen LogP contribution in [0.4, 0.5) is 10.5 Å². The molecule has 2 amide bonds. The topological polar surface area (TPSA) is 74.6 Å². The lowest BCUT2D eigenvalue weighted by Gasteiger charge is -2.22. The molecule has 1 aromatic rings. The molecule has 0 bridgehead atoms. The Bertz CT molecular complexity index is 526. The number of benzene rings is 1. The van der Waals surface area contributed by atoms with E-state index in [9.17, 15) is 4.79 Å². The smallest absolute Gasteiger partial charge is 0.321 e. The number of hydrogen-bond donors (Lipinski definition) is 1. The van der Waals surface area contributed by atoms with E-state index in [0.29, 0.717) is 43.3 Å². The summed E-state index contributed by atoms with van der Waals surface area (Å²) in [5, 5.41) is 11.9. The number of nitrogens with zero attached hydrogens (tertiary/aromatic N) is 2. The summed E-state index contributed by atoms with van der Waals surface area (Å²) in [5.41, 5.74) is 0.974. The minimum Gasteiger partial charge on any atom is -0.492 e. The van der Waals surface area contributed by atoms with E-state index >= 15 is 0 Å². The number of anilines is 1. The molecule has 1 N–H and O–H groups in total. The van der Waals surface area contributed by atoms with Crippen LogP contribution in [0.2, 0.25) is 0 Å². The second kappa shape index (κ2) is 9.64. The number of nitrogens with one attached hydrogen (secondary N) is 1. The molecule has 0 unspecified atom stereocenters. The highest BCUT2D eigenvalue weighted by Gasteiger charge is 2.13. The second-order valence-corrected chi connectivity index (χ2v) is 4.67. The third kappa shape index (κ3) is 5.26. The van der Waals surface area contributed by atoms with Crippen LogP contribution in [0.5, 0.6) is 5.75 Å². The van der Waals surface area contributed by atoms with Crippen molar-refractivity contribution in [2.24, 2.45) is 0 Å². The van der Waals surface area contributed by atoms with Crippen molar-refractivity contribution in [3.63, 3.8) is 0 Å². The predicted octanol–water partition coefficient (Wildman–Crippen LogP) is 2.85. The van der Waals surface area contributed by atoms with Crippen molar-refractivity contribution in [3.05, 3.63) is 23.8 Å². The van der Waals surface area contributed by atoms with Gasteiger partial charge in [0, 0.05) is 25.9 Å². The molecular formula is C16H23N3O3. The SMILES string of the molecule is CCCN(CCOC)C(=O)Nc1ccc(OCC)c(C#N)c1. The van der Waals surface area contributed by atoms with Crippen LogP contribution in [0.1, 0.15) is 25.8 Å². The molecule has 0 heterocycles. The van der Waals surface area contributed by atoms with Crippen molar-refractivity contribution in [2.75, 3.05) is 38.7 Å². The maximum Gasteiger partial charge on any atom is 0.321 e. The van der Waals surface area contributed by atoms with Gasteiger partial charge in [-0.05, 0) is 31.5 Å². The zero-order chi connectivity index (χ0) is 16.4. The zero-order valence-electron chi connectivity index (χ0n) is 13.4. The lowest BCUT2D eigenvalue weighted by Crippen LogP contribution is -2.37. The highest BCUT2D eigenvalue weighted by molar-refractivity contribution is 5.89. The third-order valence-corrected chi connectivity index (χ3v) is 3.00. The summed E-state index contributed by atoms with van der Waals surface area (Å²) in [4.78, 5) is 14.0. The van der Waals surface area contributed by atoms with Crippen LogP contribution >= 0.6 is 0 Å². The van der Waals surface area contributed by atoms with Gasteiger partial charge < -0.3 is 19.7 Å². The van der Waals surface area contributed by atoms with Gasteiger partial charge in [-0.15, -0.1) is 0 Å². The molecule has 6 heteroatoms. The van der Waals surface area contributed by atoms with Crippen LogP contribution in [0, 0.1) is 11.3 Å². The quantitative estimate of drug-likeness (QED) is 0.801. The number of urea groups is 1. The fourth-order valence-corrected chi connectivity index (χ4v) is 1.97. The number of carbonyl (C=O) groups excluding carboxylic acids is 1. The standard InChI is InChI=1S/C16H23N3O3/c1-4-8-19(9-10-21-3)16(20)18-14-6-7-15(22-5-2)13(11-14)12-17/h6-7,11H,4-5,8-10H2,1-3H3,(H,18,20). The average molecular weight is 305 g/mol. The largest absolute Gasteiger partial charge is 0.492 e. The van der Waals surface area contributed by atoms with Crippen molar-refractivity contribution in [3.8, 4) is 11.8 Å². The number of carbonyl (C=O) groups is 1. The number of rotatable bonds is 8. The van der Waals surface area contributed by atoms with Crippen LogP contribution in [0.25, 0.3) is 0 Å². The third-order valence-electron chi connectivity index (χ3n) is 3.00. The van der Waals surface area contributed by atoms with E-state index in [2.05, 4.69) is 11.4 Å². The second-order valence-electron chi connectivity index (χ2n) is 4.67. The molecule has 0 aliphatic carbocycles. The Hall–Kier alpha value is -2.26. The van der Waals surface area contributed by atoms with E-state index in [1.165, 1.54) is 0 Å². The normalized spacial score (nSPS) is 9.91. The Morgan fingerprint density at radius 1 is 1.36 bits per heavy atom. The Labute approximate surface area is 131 Å². The van der Waals surface area contributed by atoms with Gasteiger partial charge in [0.15, 0.2) is 0 Å². The maximum atomic E-state index is 12.3. The summed E-state index contributed by atoms with van der Waals surface area (Å²) < 4.78 is 10.4. The van der Waals surface area contributed by atoms with Gasteiger partial charge in [-0.3, -0.25) is 0 Å². The van der Waals surface area contributed by atoms with Crippen molar-refractivity contribution in [2.45, 2.75) is 20.3 Å². The Kier molecular flexibility index (Phi) is 7.79. The van der Waals surface area contributed by atoms with Crippen LogP contribution in [-0.2, 0) is 4.74 Å². The molecule has 0 radical (unpaired) electrons. The Morgan fingerprint density at radius 2 is 2.14 bits per heavy atom. The summed E-state index contributed by atoms with van der Waals surface area (Å²) in [6, 6.07) is 6.90. The number of amides is 2. The van der Waals surface area contributed by atoms with Crippen LogP contribution in [0.3, 0.4) is 0 Å². The number of nitriles is 1. The van der Waals surface area contributed by atoms with Gasteiger partial charge in [0.25, 0.3) is 0 Å². The predicted molar refractivity (Wildman–Crippen MR) is 85.1 cm³/mol. The van der Waals surface area contributed by atoms with Gasteiger partial charge in [0.05, 0.1) is 18.8 Å². The molecule has 0 spiro atoms. The summed E-state index contributed by atoms with van der Waals surface area (Å²) in [7, 11) is 1.60. The van der Waals surface area contributed by atoms with Gasteiger partial charge in [-0.1, -0.05) is 6.92 Å². The first-order valence-electron chi connectivity index (χ1n) is 7.38. The minimum absolute atomic E-state index is 0.202. The first-order valence-corrected chi connectivity index (χ1v) is 7.38. The van der Waals surface area contributed by atoms with Crippen molar-refractivity contribution < 1.29 is 14.3 Å². The molecule has 0 aliphatic rings. The van der Waals surface area contributed by atoms with E-state index < -0.39 is 0 Å². The zero-order valence-corrected chi connectivity index (χ0v) is 13.4.